The number of rotatable bonds is 18. The smallest absolute Gasteiger partial charge is 0.305 e. The predicted octanol–water partition coefficient (Wildman–Crippen LogP) is 7.36. The second kappa shape index (κ2) is 16.0. The Labute approximate surface area is 253 Å². The van der Waals surface area contributed by atoms with Gasteiger partial charge in [-0.25, -0.2) is 0 Å². The number of benzene rings is 5. The Bertz CT molecular complexity index is 1580. The van der Waals surface area contributed by atoms with E-state index >= 15 is 0 Å². The van der Waals surface area contributed by atoms with Crippen molar-refractivity contribution >= 4 is 44.2 Å². The van der Waals surface area contributed by atoms with Gasteiger partial charge in [-0.05, 0) is 69.1 Å². The first-order valence-corrected chi connectivity index (χ1v) is 15.5. The zero-order chi connectivity index (χ0) is 29.7. The molecule has 0 saturated heterocycles. The molecule has 0 spiro atoms. The Hall–Kier alpha value is -4.00. The average molecular weight is 580 g/mol. The molecule has 5 aromatic carbocycles. The van der Waals surface area contributed by atoms with E-state index in [1.807, 2.05) is 30.3 Å². The summed E-state index contributed by atoms with van der Waals surface area (Å²) in [6.45, 7) is 2.70. The Morgan fingerprint density at radius 1 is 0.605 bits per heavy atom. The lowest BCUT2D eigenvalue weighted by molar-refractivity contribution is -0.145. The third-order valence-electron chi connectivity index (χ3n) is 7.81. The highest BCUT2D eigenvalue weighted by Crippen LogP contribution is 2.36. The van der Waals surface area contributed by atoms with E-state index < -0.39 is 0 Å². The van der Waals surface area contributed by atoms with Crippen LogP contribution in [-0.4, -0.2) is 44.8 Å². The predicted molar refractivity (Wildman–Crippen MR) is 172 cm³/mol. The summed E-state index contributed by atoms with van der Waals surface area (Å²) in [7, 11) is 0. The van der Waals surface area contributed by atoms with Crippen LogP contribution in [0.25, 0.3) is 32.3 Å². The van der Waals surface area contributed by atoms with Gasteiger partial charge in [0.2, 0.25) is 5.91 Å². The van der Waals surface area contributed by atoms with E-state index in [9.17, 15) is 9.59 Å². The lowest BCUT2D eigenvalue weighted by Crippen LogP contribution is -2.27. The molecule has 0 atom stereocenters. The van der Waals surface area contributed by atoms with Gasteiger partial charge in [0.1, 0.15) is 6.61 Å². The lowest BCUT2D eigenvalue weighted by atomic mass is 9.90. The van der Waals surface area contributed by atoms with Crippen LogP contribution in [0.15, 0.2) is 84.9 Å². The van der Waals surface area contributed by atoms with Crippen LogP contribution in [0.4, 0.5) is 0 Å². The van der Waals surface area contributed by atoms with Crippen LogP contribution < -0.4 is 5.32 Å². The number of unbranched alkanes of at least 4 members (excludes halogenated alkanes) is 2. The maximum atomic E-state index is 12.4. The minimum absolute atomic E-state index is 0.0261. The number of carbonyl (C=O) groups excluding carboxylic acids is 2. The Morgan fingerprint density at radius 2 is 1.37 bits per heavy atom. The zero-order valence-corrected chi connectivity index (χ0v) is 24.8. The van der Waals surface area contributed by atoms with Gasteiger partial charge < -0.3 is 19.5 Å². The summed E-state index contributed by atoms with van der Waals surface area (Å²) in [5, 5.41) is 10.6. The third kappa shape index (κ3) is 8.76. The molecule has 1 N–H and O–H groups in total. The molecule has 0 aliphatic heterocycles. The first-order chi connectivity index (χ1) is 21.2. The molecule has 0 heterocycles. The van der Waals surface area contributed by atoms with E-state index in [1.54, 1.807) is 0 Å². The minimum Gasteiger partial charge on any atom is -0.463 e. The highest BCUT2D eigenvalue weighted by molar-refractivity contribution is 6.23. The second-order valence-electron chi connectivity index (χ2n) is 11.0. The molecule has 0 aliphatic carbocycles. The molecule has 0 aliphatic rings. The SMILES string of the molecule is O=C(CCCc1ccc2ccc3cccc4ccc1c2c34)NCCOCCOC(=O)CCCCCOCc1ccccc1. The highest BCUT2D eigenvalue weighted by atomic mass is 16.6. The van der Waals surface area contributed by atoms with E-state index in [4.69, 9.17) is 14.2 Å². The molecule has 5 aromatic rings. The summed E-state index contributed by atoms with van der Waals surface area (Å²) >= 11 is 0. The van der Waals surface area contributed by atoms with Crippen molar-refractivity contribution < 1.29 is 23.8 Å². The number of hydrogen-bond donors (Lipinski definition) is 1. The van der Waals surface area contributed by atoms with Crippen molar-refractivity contribution in [2.75, 3.05) is 33.0 Å². The van der Waals surface area contributed by atoms with Crippen molar-refractivity contribution in [3.8, 4) is 0 Å². The fourth-order valence-electron chi connectivity index (χ4n) is 5.61. The third-order valence-corrected chi connectivity index (χ3v) is 7.81. The van der Waals surface area contributed by atoms with Gasteiger partial charge in [0, 0.05) is 26.0 Å². The molecule has 1 amide bonds. The van der Waals surface area contributed by atoms with Crippen LogP contribution in [0.1, 0.15) is 49.7 Å². The van der Waals surface area contributed by atoms with Crippen molar-refractivity contribution in [3.63, 3.8) is 0 Å². The van der Waals surface area contributed by atoms with Crippen molar-refractivity contribution in [3.05, 3.63) is 96.1 Å². The number of aryl methyl sites for hydroxylation is 1. The van der Waals surface area contributed by atoms with Gasteiger partial charge in [0.05, 0.1) is 19.8 Å². The minimum atomic E-state index is -0.202. The van der Waals surface area contributed by atoms with Gasteiger partial charge in [0.25, 0.3) is 0 Å². The van der Waals surface area contributed by atoms with Crippen LogP contribution in [0.3, 0.4) is 0 Å². The fourth-order valence-corrected chi connectivity index (χ4v) is 5.61. The normalized spacial score (nSPS) is 11.4. The number of amides is 1. The van der Waals surface area contributed by atoms with Crippen LogP contribution in [-0.2, 0) is 36.8 Å². The molecular weight excluding hydrogens is 538 g/mol. The van der Waals surface area contributed by atoms with Crippen LogP contribution >= 0.6 is 0 Å². The molecule has 0 fully saturated rings. The van der Waals surface area contributed by atoms with E-state index in [1.165, 1.54) is 43.4 Å². The number of esters is 1. The van der Waals surface area contributed by atoms with Gasteiger partial charge in [-0.1, -0.05) is 91.3 Å². The molecule has 224 valence electrons. The van der Waals surface area contributed by atoms with E-state index in [2.05, 4.69) is 59.9 Å². The molecule has 0 bridgehead atoms. The summed E-state index contributed by atoms with van der Waals surface area (Å²) < 4.78 is 16.4. The fraction of sp³-hybridized carbons (Fsp3) is 0.351. The van der Waals surface area contributed by atoms with Gasteiger partial charge >= 0.3 is 5.97 Å². The van der Waals surface area contributed by atoms with E-state index in [0.717, 1.165) is 32.1 Å². The summed E-state index contributed by atoms with van der Waals surface area (Å²) in [6, 6.07) is 29.8. The quantitative estimate of drug-likeness (QED) is 0.0667. The Morgan fingerprint density at radius 3 is 2.21 bits per heavy atom. The van der Waals surface area contributed by atoms with Crippen molar-refractivity contribution in [2.24, 2.45) is 0 Å². The summed E-state index contributed by atoms with van der Waals surface area (Å²) in [5.74, 6) is -0.176. The Balaban J connectivity index is 0.884. The maximum Gasteiger partial charge on any atom is 0.305 e. The molecule has 0 saturated carbocycles. The lowest BCUT2D eigenvalue weighted by Gasteiger charge is -2.14. The van der Waals surface area contributed by atoms with E-state index in [-0.39, 0.29) is 18.5 Å². The number of hydrogen-bond acceptors (Lipinski definition) is 5. The maximum absolute atomic E-state index is 12.4. The summed E-state index contributed by atoms with van der Waals surface area (Å²) in [4.78, 5) is 24.2. The van der Waals surface area contributed by atoms with Gasteiger partial charge in [0.15, 0.2) is 0 Å². The number of carbonyl (C=O) groups is 2. The van der Waals surface area contributed by atoms with Gasteiger partial charge in [-0.3, -0.25) is 9.59 Å². The first-order valence-electron chi connectivity index (χ1n) is 15.5. The topological polar surface area (TPSA) is 73.9 Å². The molecule has 43 heavy (non-hydrogen) atoms. The van der Waals surface area contributed by atoms with Crippen molar-refractivity contribution in [2.45, 2.75) is 51.6 Å². The summed E-state index contributed by atoms with van der Waals surface area (Å²) in [6.07, 6.45) is 5.16. The van der Waals surface area contributed by atoms with Crippen molar-refractivity contribution in [1.29, 1.82) is 0 Å². The van der Waals surface area contributed by atoms with Crippen LogP contribution in [0.2, 0.25) is 0 Å². The number of nitrogens with one attached hydrogen (secondary N) is 1. The molecule has 0 radical (unpaired) electrons. The largest absolute Gasteiger partial charge is 0.463 e. The van der Waals surface area contributed by atoms with E-state index in [0.29, 0.717) is 45.8 Å². The standard InChI is InChI=1S/C37H41NO5/c39-34(14-8-11-29-16-17-32-19-18-30-12-7-13-31-20-21-33(29)37(32)36(30)31)38-22-24-41-25-26-43-35(40)15-5-2-6-23-42-27-28-9-3-1-4-10-28/h1,3-4,7,9-10,12-13,16-21H,2,5-6,8,11,14-15,22-27H2,(H,38,39). The molecule has 6 nitrogen and oxygen atoms in total. The van der Waals surface area contributed by atoms with Gasteiger partial charge in [-0.15, -0.1) is 0 Å². The molecule has 0 aromatic heterocycles. The molecular formula is C37H41NO5. The van der Waals surface area contributed by atoms with Crippen molar-refractivity contribution in [1.82, 2.24) is 5.32 Å². The highest BCUT2D eigenvalue weighted by Gasteiger charge is 2.11. The van der Waals surface area contributed by atoms with Crippen LogP contribution in [0, 0.1) is 0 Å². The average Bonchev–Trinajstić information content (AvgIpc) is 3.03. The first kappa shape index (κ1) is 30.5. The van der Waals surface area contributed by atoms with Crippen LogP contribution in [0.5, 0.6) is 0 Å². The molecule has 5 rings (SSSR count). The molecule has 6 heteroatoms. The Kier molecular flexibility index (Phi) is 11.3. The number of ether oxygens (including phenoxy) is 3. The molecule has 0 unspecified atom stereocenters. The summed E-state index contributed by atoms with van der Waals surface area (Å²) in [5.41, 5.74) is 2.45. The monoisotopic (exact) mass is 579 g/mol. The zero-order valence-electron chi connectivity index (χ0n) is 24.8. The second-order valence-corrected chi connectivity index (χ2v) is 11.0. The van der Waals surface area contributed by atoms with Gasteiger partial charge in [-0.2, -0.15) is 0 Å².